The summed E-state index contributed by atoms with van der Waals surface area (Å²) in [6.07, 6.45) is -2.30. The number of piperazine rings is 1. The van der Waals surface area contributed by atoms with E-state index in [1.807, 2.05) is 30.3 Å². The Morgan fingerprint density at radius 1 is 1.00 bits per heavy atom. The van der Waals surface area contributed by atoms with Gasteiger partial charge in [-0.3, -0.25) is 19.5 Å². The summed E-state index contributed by atoms with van der Waals surface area (Å²) in [4.78, 5) is 47.7. The van der Waals surface area contributed by atoms with Gasteiger partial charge in [0, 0.05) is 63.5 Å². The average Bonchev–Trinajstić information content (AvgIpc) is 3.30. The molecule has 0 unspecified atom stereocenters. The van der Waals surface area contributed by atoms with Crippen molar-refractivity contribution in [3.63, 3.8) is 0 Å². The maximum atomic E-state index is 12.5. The number of halogens is 3. The van der Waals surface area contributed by atoms with Crippen LogP contribution >= 0.6 is 0 Å². The van der Waals surface area contributed by atoms with E-state index >= 15 is 0 Å². The maximum absolute atomic E-state index is 12.5. The minimum atomic E-state index is -4.49. The van der Waals surface area contributed by atoms with Gasteiger partial charge >= 0.3 is 6.18 Å². The molecule has 3 aromatic heterocycles. The van der Waals surface area contributed by atoms with Crippen molar-refractivity contribution in [1.29, 1.82) is 0 Å². The Morgan fingerprint density at radius 2 is 1.79 bits per heavy atom. The van der Waals surface area contributed by atoms with Gasteiger partial charge in [0.25, 0.3) is 0 Å². The number of amides is 1. The second kappa shape index (κ2) is 10.9. The fourth-order valence-electron chi connectivity index (χ4n) is 4.60. The summed E-state index contributed by atoms with van der Waals surface area (Å²) in [5.74, 6) is -0.253. The fraction of sp³-hybridized carbons (Fsp3) is 0.333. The van der Waals surface area contributed by atoms with Crippen molar-refractivity contribution in [2.45, 2.75) is 32.5 Å². The highest BCUT2D eigenvalue weighted by molar-refractivity contribution is 5.93. The van der Waals surface area contributed by atoms with Gasteiger partial charge in [-0.15, -0.1) is 0 Å². The predicted octanol–water partition coefficient (Wildman–Crippen LogP) is 3.80. The molecule has 12 heteroatoms. The number of hydrogen-bond acceptors (Lipinski definition) is 7. The number of aromatic amines is 1. The summed E-state index contributed by atoms with van der Waals surface area (Å²) >= 11 is 0. The molecular weight excluding hydrogens is 511 g/mol. The molecule has 1 N–H and O–H groups in total. The Labute approximate surface area is 222 Å². The summed E-state index contributed by atoms with van der Waals surface area (Å²) in [6.45, 7) is 3.64. The molecule has 0 saturated carbocycles. The molecular formula is C27H26F3N7O2. The molecule has 0 spiro atoms. The summed E-state index contributed by atoms with van der Waals surface area (Å²) in [5, 5.41) is 0. The third kappa shape index (κ3) is 6.63. The molecule has 39 heavy (non-hydrogen) atoms. The van der Waals surface area contributed by atoms with Crippen LogP contribution in [-0.2, 0) is 17.8 Å². The topological polar surface area (TPSA) is 108 Å². The van der Waals surface area contributed by atoms with Crippen LogP contribution in [-0.4, -0.2) is 78.8 Å². The zero-order valence-corrected chi connectivity index (χ0v) is 21.2. The Bertz CT molecular complexity index is 1510. The lowest BCUT2D eigenvalue weighted by atomic mass is 10.1. The van der Waals surface area contributed by atoms with Gasteiger partial charge in [0.1, 0.15) is 24.3 Å². The third-order valence-electron chi connectivity index (χ3n) is 6.57. The molecule has 1 aliphatic rings. The van der Waals surface area contributed by atoms with Crippen LogP contribution in [0.4, 0.5) is 13.2 Å². The molecule has 1 fully saturated rings. The zero-order chi connectivity index (χ0) is 27.6. The van der Waals surface area contributed by atoms with Crippen LogP contribution in [0.5, 0.6) is 0 Å². The van der Waals surface area contributed by atoms with E-state index in [0.29, 0.717) is 37.4 Å². The zero-order valence-electron chi connectivity index (χ0n) is 21.2. The molecule has 0 aliphatic carbocycles. The van der Waals surface area contributed by atoms with E-state index in [1.165, 1.54) is 18.2 Å². The lowest BCUT2D eigenvalue weighted by Gasteiger charge is -2.35. The summed E-state index contributed by atoms with van der Waals surface area (Å²) in [7, 11) is 0. The number of aromatic nitrogens is 5. The molecule has 0 radical (unpaired) electrons. The molecule has 1 aliphatic heterocycles. The van der Waals surface area contributed by atoms with Gasteiger partial charge in [0.15, 0.2) is 5.78 Å². The minimum absolute atomic E-state index is 0.128. The molecule has 0 atom stereocenters. The minimum Gasteiger partial charge on any atom is -0.342 e. The molecule has 202 valence electrons. The molecule has 9 nitrogen and oxygen atoms in total. The lowest BCUT2D eigenvalue weighted by molar-refractivity contribution is -0.162. The Morgan fingerprint density at radius 3 is 2.54 bits per heavy atom. The standard InChI is InChI=1S/C27H26F3N7O2/c1-17(38)22-13-23(33-16-32-22)19-2-3-21-24(11-19)35-25(34-21)12-20-10-18(4-5-31-20)15-36-6-8-37(9-7-36)26(39)14-27(28,29)30/h2-5,10-11,13,16H,6-9,12,14-15H2,1H3,(H,34,35). The average molecular weight is 538 g/mol. The van der Waals surface area contributed by atoms with E-state index in [1.54, 1.807) is 12.3 Å². The number of fused-ring (bicyclic) bond motifs is 1. The molecule has 1 saturated heterocycles. The first-order chi connectivity index (χ1) is 18.6. The van der Waals surface area contributed by atoms with Crippen LogP contribution in [0.15, 0.2) is 48.9 Å². The van der Waals surface area contributed by atoms with Gasteiger partial charge < -0.3 is 9.88 Å². The number of H-pyrrole nitrogens is 1. The third-order valence-corrected chi connectivity index (χ3v) is 6.57. The number of carbonyl (C=O) groups is 2. The van der Waals surface area contributed by atoms with Gasteiger partial charge in [-0.05, 0) is 35.9 Å². The highest BCUT2D eigenvalue weighted by Gasteiger charge is 2.34. The number of alkyl halides is 3. The molecule has 4 aromatic rings. The number of hydrogen-bond donors (Lipinski definition) is 1. The summed E-state index contributed by atoms with van der Waals surface area (Å²) < 4.78 is 37.6. The number of nitrogens with zero attached hydrogens (tertiary/aromatic N) is 6. The first kappa shape index (κ1) is 26.4. The molecule has 1 aromatic carbocycles. The SMILES string of the molecule is CC(=O)c1cc(-c2ccc3nc(Cc4cc(CN5CCN(C(=O)CC(F)(F)F)CC5)ccn4)[nH]c3c2)ncn1. The number of pyridine rings is 1. The Hall–Kier alpha value is -4.19. The number of rotatable bonds is 7. The molecule has 4 heterocycles. The maximum Gasteiger partial charge on any atom is 0.397 e. The van der Waals surface area contributed by atoms with Crippen LogP contribution in [0, 0.1) is 0 Å². The first-order valence-corrected chi connectivity index (χ1v) is 12.5. The number of nitrogens with one attached hydrogen (secondary N) is 1. The van der Waals surface area contributed by atoms with Crippen LogP contribution in [0.2, 0.25) is 0 Å². The summed E-state index contributed by atoms with van der Waals surface area (Å²) in [5.41, 5.74) is 5.32. The van der Waals surface area contributed by atoms with Gasteiger partial charge in [-0.25, -0.2) is 15.0 Å². The number of imidazole rings is 1. The van der Waals surface area contributed by atoms with Crippen LogP contribution in [0.1, 0.15) is 40.9 Å². The smallest absolute Gasteiger partial charge is 0.342 e. The van der Waals surface area contributed by atoms with E-state index in [0.717, 1.165) is 33.7 Å². The van der Waals surface area contributed by atoms with Crippen molar-refractivity contribution in [2.24, 2.45) is 0 Å². The van der Waals surface area contributed by atoms with Crippen molar-refractivity contribution in [1.82, 2.24) is 34.7 Å². The van der Waals surface area contributed by atoms with Crippen molar-refractivity contribution < 1.29 is 22.8 Å². The molecule has 0 bridgehead atoms. The van der Waals surface area contributed by atoms with Crippen LogP contribution < -0.4 is 0 Å². The van der Waals surface area contributed by atoms with Crippen molar-refractivity contribution in [2.75, 3.05) is 26.2 Å². The van der Waals surface area contributed by atoms with Crippen molar-refractivity contribution in [3.8, 4) is 11.3 Å². The van der Waals surface area contributed by atoms with Crippen LogP contribution in [0.3, 0.4) is 0 Å². The number of benzene rings is 1. The van der Waals surface area contributed by atoms with Crippen LogP contribution in [0.25, 0.3) is 22.3 Å². The summed E-state index contributed by atoms with van der Waals surface area (Å²) in [6, 6.07) is 11.3. The second-order valence-corrected chi connectivity index (χ2v) is 9.54. The monoisotopic (exact) mass is 537 g/mol. The van der Waals surface area contributed by atoms with Gasteiger partial charge in [-0.2, -0.15) is 13.2 Å². The normalized spacial score (nSPS) is 14.6. The van der Waals surface area contributed by atoms with Crippen molar-refractivity contribution in [3.05, 3.63) is 71.7 Å². The number of Topliss-reactive ketones (excluding diaryl/α,β-unsaturated/α-hetero) is 1. The fourth-order valence-corrected chi connectivity index (χ4v) is 4.60. The predicted molar refractivity (Wildman–Crippen MR) is 137 cm³/mol. The number of ketones is 1. The van der Waals surface area contributed by atoms with Gasteiger partial charge in [-0.1, -0.05) is 6.07 Å². The van der Waals surface area contributed by atoms with Crippen molar-refractivity contribution >= 4 is 22.7 Å². The van der Waals surface area contributed by atoms with Gasteiger partial charge in [0.2, 0.25) is 5.91 Å². The highest BCUT2D eigenvalue weighted by Crippen LogP contribution is 2.24. The Balaban J connectivity index is 1.22. The first-order valence-electron chi connectivity index (χ1n) is 12.5. The second-order valence-electron chi connectivity index (χ2n) is 9.54. The van der Waals surface area contributed by atoms with E-state index in [2.05, 4.69) is 29.8 Å². The van der Waals surface area contributed by atoms with E-state index in [-0.39, 0.29) is 18.9 Å². The van der Waals surface area contributed by atoms with E-state index in [9.17, 15) is 22.8 Å². The largest absolute Gasteiger partial charge is 0.397 e. The van der Waals surface area contributed by atoms with Gasteiger partial charge in [0.05, 0.1) is 16.7 Å². The quantitative estimate of drug-likeness (QED) is 0.357. The molecule has 1 amide bonds. The molecule has 5 rings (SSSR count). The van der Waals surface area contributed by atoms with E-state index < -0.39 is 18.5 Å². The highest BCUT2D eigenvalue weighted by atomic mass is 19.4. The lowest BCUT2D eigenvalue weighted by Crippen LogP contribution is -2.49. The number of carbonyl (C=O) groups excluding carboxylic acids is 2. The Kier molecular flexibility index (Phi) is 7.38. The van der Waals surface area contributed by atoms with E-state index in [4.69, 9.17) is 0 Å².